The van der Waals surface area contributed by atoms with E-state index in [0.29, 0.717) is 36.1 Å². The fraction of sp³-hybridized carbons (Fsp3) is 0.684. The molecule has 0 saturated carbocycles. The number of methoxy groups -OCH3 is 1. The summed E-state index contributed by atoms with van der Waals surface area (Å²) in [5, 5.41) is 9.37. The maximum atomic E-state index is 9.37. The van der Waals surface area contributed by atoms with Crippen molar-refractivity contribution in [3.05, 3.63) is 17.1 Å². The minimum Gasteiger partial charge on any atom is -0.496 e. The molecule has 0 fully saturated rings. The summed E-state index contributed by atoms with van der Waals surface area (Å²) in [5.74, 6) is 1.63. The van der Waals surface area contributed by atoms with Gasteiger partial charge in [-0.1, -0.05) is 52.4 Å². The average Bonchev–Trinajstić information content (AvgIpc) is 2.61. The average molecular weight is 335 g/mol. The van der Waals surface area contributed by atoms with Crippen molar-refractivity contribution in [3.63, 3.8) is 0 Å². The standard InChI is InChI=1S/C19H31N2O3/c1-4-6-8-10-12-23-17-14-16(22-3)15-18(19(17)21-20)24-13-11-9-7-5-2/h14-15H,4-13H2,1-3H3/q+1. The molecule has 0 saturated heterocycles. The molecule has 0 atom stereocenters. The first-order valence-electron chi connectivity index (χ1n) is 9.09. The molecule has 0 aliphatic rings. The second-order valence-corrected chi connectivity index (χ2v) is 5.89. The summed E-state index contributed by atoms with van der Waals surface area (Å²) < 4.78 is 16.9. The molecule has 0 aliphatic carbocycles. The summed E-state index contributed by atoms with van der Waals surface area (Å²) in [6.07, 6.45) is 8.99. The molecule has 0 amide bonds. The van der Waals surface area contributed by atoms with Gasteiger partial charge in [-0.15, -0.1) is 0 Å². The van der Waals surface area contributed by atoms with Gasteiger partial charge in [-0.05, 0) is 12.8 Å². The van der Waals surface area contributed by atoms with E-state index in [9.17, 15) is 5.39 Å². The highest BCUT2D eigenvalue weighted by molar-refractivity contribution is 5.69. The fourth-order valence-electron chi connectivity index (χ4n) is 2.42. The Hall–Kier alpha value is -1.96. The van der Waals surface area contributed by atoms with Gasteiger partial charge < -0.3 is 14.2 Å². The zero-order valence-electron chi connectivity index (χ0n) is 15.3. The molecule has 0 spiro atoms. The van der Waals surface area contributed by atoms with Gasteiger partial charge in [0.1, 0.15) is 5.75 Å². The first-order valence-corrected chi connectivity index (χ1v) is 9.09. The monoisotopic (exact) mass is 335 g/mol. The van der Waals surface area contributed by atoms with Crippen LogP contribution >= 0.6 is 0 Å². The number of hydrogen-bond acceptors (Lipinski definition) is 4. The van der Waals surface area contributed by atoms with E-state index in [2.05, 4.69) is 18.8 Å². The number of diazo groups is 1. The van der Waals surface area contributed by atoms with E-state index in [1.807, 2.05) is 0 Å². The van der Waals surface area contributed by atoms with E-state index in [4.69, 9.17) is 14.2 Å². The third-order valence-electron chi connectivity index (χ3n) is 3.86. The van der Waals surface area contributed by atoms with Crippen LogP contribution in [0, 0.1) is 5.39 Å². The Bertz CT molecular complexity index is 477. The molecule has 5 heteroatoms. The van der Waals surface area contributed by atoms with Crippen LogP contribution in [0.2, 0.25) is 0 Å². The predicted molar refractivity (Wildman–Crippen MR) is 97.0 cm³/mol. The van der Waals surface area contributed by atoms with Crippen LogP contribution in [0.1, 0.15) is 65.2 Å². The molecule has 1 aromatic rings. The molecule has 0 heterocycles. The van der Waals surface area contributed by atoms with Crippen molar-refractivity contribution in [2.75, 3.05) is 20.3 Å². The summed E-state index contributed by atoms with van der Waals surface area (Å²) in [4.78, 5) is 3.37. The van der Waals surface area contributed by atoms with Crippen molar-refractivity contribution in [1.29, 1.82) is 5.39 Å². The van der Waals surface area contributed by atoms with Gasteiger partial charge in [0.15, 0.2) is 4.98 Å². The van der Waals surface area contributed by atoms with Crippen LogP contribution in [0.15, 0.2) is 12.1 Å². The van der Waals surface area contributed by atoms with Gasteiger partial charge in [-0.3, -0.25) is 0 Å². The van der Waals surface area contributed by atoms with E-state index in [0.717, 1.165) is 25.7 Å². The molecule has 0 aromatic heterocycles. The SMILES string of the molecule is CCCCCCOc1cc(OC)cc(OCCCCCC)c1[N+]#N. The quantitative estimate of drug-likeness (QED) is 0.323. The topological polar surface area (TPSA) is 55.8 Å². The molecule has 0 unspecified atom stereocenters. The number of hydrogen-bond donors (Lipinski definition) is 0. The second kappa shape index (κ2) is 12.5. The van der Waals surface area contributed by atoms with Crippen LogP contribution in [-0.4, -0.2) is 20.3 Å². The number of rotatable bonds is 13. The van der Waals surface area contributed by atoms with Gasteiger partial charge in [0, 0.05) is 12.1 Å². The maximum Gasteiger partial charge on any atom is 0.467 e. The van der Waals surface area contributed by atoms with E-state index in [-0.39, 0.29) is 0 Å². The van der Waals surface area contributed by atoms with Gasteiger partial charge in [0.25, 0.3) is 0 Å². The molecule has 5 nitrogen and oxygen atoms in total. The van der Waals surface area contributed by atoms with E-state index >= 15 is 0 Å². The maximum absolute atomic E-state index is 9.37. The largest absolute Gasteiger partial charge is 0.496 e. The lowest BCUT2D eigenvalue weighted by Gasteiger charge is -2.10. The number of nitrogens with zero attached hydrogens (tertiary/aromatic N) is 2. The molecule has 0 N–H and O–H groups in total. The van der Waals surface area contributed by atoms with E-state index in [1.54, 1.807) is 19.2 Å². The Morgan fingerprint density at radius 2 is 1.33 bits per heavy atom. The molecule has 134 valence electrons. The first kappa shape index (κ1) is 20.1. The van der Waals surface area contributed by atoms with E-state index in [1.165, 1.54) is 25.7 Å². The van der Waals surface area contributed by atoms with Gasteiger partial charge in [-0.25, -0.2) is 0 Å². The van der Waals surface area contributed by atoms with E-state index < -0.39 is 0 Å². The molecule has 0 bridgehead atoms. The van der Waals surface area contributed by atoms with Crippen LogP contribution in [0.3, 0.4) is 0 Å². The minimum atomic E-state index is 0.335. The van der Waals surface area contributed by atoms with Crippen LogP contribution in [-0.2, 0) is 0 Å². The molecule has 0 radical (unpaired) electrons. The Kier molecular flexibility index (Phi) is 10.4. The fourth-order valence-corrected chi connectivity index (χ4v) is 2.42. The van der Waals surface area contributed by atoms with Gasteiger partial charge in [0.2, 0.25) is 16.9 Å². The summed E-state index contributed by atoms with van der Waals surface area (Å²) >= 11 is 0. The van der Waals surface area contributed by atoms with Crippen molar-refractivity contribution >= 4 is 5.69 Å². The van der Waals surface area contributed by atoms with Crippen molar-refractivity contribution in [2.45, 2.75) is 65.2 Å². The highest BCUT2D eigenvalue weighted by Gasteiger charge is 2.25. The Morgan fingerprint density at radius 1 is 0.833 bits per heavy atom. The highest BCUT2D eigenvalue weighted by Crippen LogP contribution is 2.41. The van der Waals surface area contributed by atoms with Gasteiger partial charge >= 0.3 is 5.69 Å². The summed E-state index contributed by atoms with van der Waals surface area (Å²) in [6.45, 7) is 5.53. The third kappa shape index (κ3) is 7.08. The van der Waals surface area contributed by atoms with Crippen LogP contribution in [0.4, 0.5) is 5.69 Å². The lowest BCUT2D eigenvalue weighted by Crippen LogP contribution is -2.01. The molecule has 0 aliphatic heterocycles. The van der Waals surface area contributed by atoms with Crippen LogP contribution in [0.5, 0.6) is 17.2 Å². The smallest absolute Gasteiger partial charge is 0.467 e. The Labute approximate surface area is 145 Å². The predicted octanol–water partition coefficient (Wildman–Crippen LogP) is 6.10. The lowest BCUT2D eigenvalue weighted by atomic mass is 10.2. The van der Waals surface area contributed by atoms with Gasteiger partial charge in [0.05, 0.1) is 20.3 Å². The Morgan fingerprint density at radius 3 is 1.71 bits per heavy atom. The summed E-state index contributed by atoms with van der Waals surface area (Å²) in [7, 11) is 1.60. The van der Waals surface area contributed by atoms with Crippen LogP contribution in [0.25, 0.3) is 4.98 Å². The number of benzene rings is 1. The third-order valence-corrected chi connectivity index (χ3v) is 3.86. The molecular weight excluding hydrogens is 304 g/mol. The first-order chi connectivity index (χ1) is 11.8. The second-order valence-electron chi connectivity index (χ2n) is 5.89. The van der Waals surface area contributed by atoms with Crippen molar-refractivity contribution < 1.29 is 14.2 Å². The van der Waals surface area contributed by atoms with Crippen molar-refractivity contribution in [1.82, 2.24) is 0 Å². The Balaban J connectivity index is 2.71. The molecule has 1 aromatic carbocycles. The zero-order valence-corrected chi connectivity index (χ0v) is 15.3. The van der Waals surface area contributed by atoms with Crippen molar-refractivity contribution in [3.8, 4) is 17.2 Å². The normalized spacial score (nSPS) is 10.2. The minimum absolute atomic E-state index is 0.335. The molecule has 1 rings (SSSR count). The summed E-state index contributed by atoms with van der Waals surface area (Å²) in [5.41, 5.74) is 0.335. The van der Waals surface area contributed by atoms with Gasteiger partial charge in [-0.2, -0.15) is 0 Å². The summed E-state index contributed by atoms with van der Waals surface area (Å²) in [6, 6.07) is 3.47. The van der Waals surface area contributed by atoms with Crippen LogP contribution < -0.4 is 14.2 Å². The molecule has 24 heavy (non-hydrogen) atoms. The lowest BCUT2D eigenvalue weighted by molar-refractivity contribution is 0.290. The number of unbranched alkanes of at least 4 members (excludes halogenated alkanes) is 6. The zero-order chi connectivity index (χ0) is 17.6. The highest BCUT2D eigenvalue weighted by atomic mass is 16.5. The molecular formula is C19H31N2O3+. The number of ether oxygens (including phenoxy) is 3. The van der Waals surface area contributed by atoms with Crippen molar-refractivity contribution in [2.24, 2.45) is 0 Å².